The molecule has 86 valence electrons. The average molecular weight is 283 g/mol. The molecule has 4 heteroatoms. The molecule has 0 aliphatic carbocycles. The van der Waals surface area contributed by atoms with E-state index in [0.29, 0.717) is 0 Å². The van der Waals surface area contributed by atoms with Gasteiger partial charge in [0.05, 0.1) is 10.2 Å². The van der Waals surface area contributed by atoms with Crippen molar-refractivity contribution in [1.82, 2.24) is 9.55 Å². The molecule has 0 unspecified atom stereocenters. The van der Waals surface area contributed by atoms with E-state index in [9.17, 15) is 0 Å². The standard InChI is InChI=1S/C12H15BrN2O/c1-12(2,16-4)9-5-8-6-10(13)15(3)11(8)14-7-9/h5-7H,1-4H3. The second-order valence-corrected chi connectivity index (χ2v) is 5.19. The summed E-state index contributed by atoms with van der Waals surface area (Å²) in [5, 5.41) is 1.12. The molecule has 0 aliphatic heterocycles. The molecule has 0 amide bonds. The molecule has 0 spiro atoms. The van der Waals surface area contributed by atoms with Crippen LogP contribution in [0, 0.1) is 0 Å². The van der Waals surface area contributed by atoms with E-state index in [-0.39, 0.29) is 5.60 Å². The molecule has 2 heterocycles. The maximum atomic E-state index is 5.45. The van der Waals surface area contributed by atoms with Gasteiger partial charge in [0.2, 0.25) is 0 Å². The summed E-state index contributed by atoms with van der Waals surface area (Å²) in [5.41, 5.74) is 1.76. The van der Waals surface area contributed by atoms with E-state index in [4.69, 9.17) is 4.74 Å². The molecule has 0 saturated heterocycles. The largest absolute Gasteiger partial charge is 0.374 e. The van der Waals surface area contributed by atoms with Crippen molar-refractivity contribution in [3.63, 3.8) is 0 Å². The second-order valence-electron chi connectivity index (χ2n) is 4.38. The normalized spacial score (nSPS) is 12.3. The van der Waals surface area contributed by atoms with E-state index in [1.165, 1.54) is 0 Å². The fraction of sp³-hybridized carbons (Fsp3) is 0.417. The third kappa shape index (κ3) is 1.76. The van der Waals surface area contributed by atoms with Crippen molar-refractivity contribution in [2.45, 2.75) is 19.4 Å². The Morgan fingerprint density at radius 2 is 2.06 bits per heavy atom. The van der Waals surface area contributed by atoms with Gasteiger partial charge in [0.1, 0.15) is 5.65 Å². The predicted molar refractivity (Wildman–Crippen MR) is 68.4 cm³/mol. The molecule has 2 rings (SSSR count). The first-order valence-corrected chi connectivity index (χ1v) is 5.91. The minimum atomic E-state index is -0.302. The van der Waals surface area contributed by atoms with Crippen LogP contribution in [-0.4, -0.2) is 16.7 Å². The molecular weight excluding hydrogens is 268 g/mol. The van der Waals surface area contributed by atoms with E-state index >= 15 is 0 Å². The van der Waals surface area contributed by atoms with Gasteiger partial charge in [-0.25, -0.2) is 4.98 Å². The van der Waals surface area contributed by atoms with Crippen molar-refractivity contribution in [1.29, 1.82) is 0 Å². The number of fused-ring (bicyclic) bond motifs is 1. The van der Waals surface area contributed by atoms with Gasteiger partial charge in [-0.1, -0.05) is 0 Å². The topological polar surface area (TPSA) is 27.1 Å². The lowest BCUT2D eigenvalue weighted by molar-refractivity contribution is 0.0191. The first-order valence-electron chi connectivity index (χ1n) is 5.12. The molecule has 0 aromatic carbocycles. The van der Waals surface area contributed by atoms with Gasteiger partial charge >= 0.3 is 0 Å². The van der Waals surface area contributed by atoms with Crippen LogP contribution in [0.1, 0.15) is 19.4 Å². The molecule has 0 aliphatic rings. The van der Waals surface area contributed by atoms with E-state index < -0.39 is 0 Å². The highest BCUT2D eigenvalue weighted by Gasteiger charge is 2.20. The van der Waals surface area contributed by atoms with Crippen LogP contribution >= 0.6 is 15.9 Å². The van der Waals surface area contributed by atoms with Crippen LogP contribution < -0.4 is 0 Å². The second kappa shape index (κ2) is 3.86. The number of aromatic nitrogens is 2. The monoisotopic (exact) mass is 282 g/mol. The summed E-state index contributed by atoms with van der Waals surface area (Å²) in [6, 6.07) is 4.19. The molecular formula is C12H15BrN2O. The van der Waals surface area contributed by atoms with Gasteiger partial charge in [-0.05, 0) is 41.9 Å². The molecule has 2 aromatic rings. The summed E-state index contributed by atoms with van der Waals surface area (Å²) in [4.78, 5) is 4.47. The van der Waals surface area contributed by atoms with Crippen molar-refractivity contribution >= 4 is 27.0 Å². The van der Waals surface area contributed by atoms with Crippen LogP contribution in [0.2, 0.25) is 0 Å². The minimum absolute atomic E-state index is 0.302. The van der Waals surface area contributed by atoms with Gasteiger partial charge in [0.15, 0.2) is 0 Å². The van der Waals surface area contributed by atoms with Crippen LogP contribution in [0.3, 0.4) is 0 Å². The zero-order chi connectivity index (χ0) is 11.9. The molecule has 2 aromatic heterocycles. The van der Waals surface area contributed by atoms with Crippen LogP contribution in [0.5, 0.6) is 0 Å². The van der Waals surface area contributed by atoms with Crippen molar-refractivity contribution in [2.75, 3.05) is 7.11 Å². The lowest BCUT2D eigenvalue weighted by atomic mass is 9.99. The summed E-state index contributed by atoms with van der Waals surface area (Å²) >= 11 is 3.49. The third-order valence-corrected chi connectivity index (χ3v) is 3.77. The molecule has 0 saturated carbocycles. The zero-order valence-corrected chi connectivity index (χ0v) is 11.5. The van der Waals surface area contributed by atoms with Gasteiger partial charge in [-0.2, -0.15) is 0 Å². The van der Waals surface area contributed by atoms with E-state index in [1.807, 2.05) is 31.7 Å². The zero-order valence-electron chi connectivity index (χ0n) is 9.91. The average Bonchev–Trinajstić information content (AvgIpc) is 2.54. The highest BCUT2D eigenvalue weighted by Crippen LogP contribution is 2.28. The van der Waals surface area contributed by atoms with Gasteiger partial charge in [0.25, 0.3) is 0 Å². The highest BCUT2D eigenvalue weighted by atomic mass is 79.9. The van der Waals surface area contributed by atoms with Gasteiger partial charge < -0.3 is 9.30 Å². The first kappa shape index (κ1) is 11.6. The maximum Gasteiger partial charge on any atom is 0.140 e. The fourth-order valence-corrected chi connectivity index (χ4v) is 2.05. The van der Waals surface area contributed by atoms with Gasteiger partial charge in [-0.15, -0.1) is 0 Å². The summed E-state index contributed by atoms with van der Waals surface area (Å²) < 4.78 is 8.49. The Morgan fingerprint density at radius 3 is 2.69 bits per heavy atom. The maximum absolute atomic E-state index is 5.45. The summed E-state index contributed by atoms with van der Waals surface area (Å²) in [6.45, 7) is 4.07. The van der Waals surface area contributed by atoms with Gasteiger partial charge in [0, 0.05) is 31.3 Å². The summed E-state index contributed by atoms with van der Waals surface area (Å²) in [5.74, 6) is 0. The quantitative estimate of drug-likeness (QED) is 0.846. The van der Waals surface area contributed by atoms with Crippen molar-refractivity contribution in [2.24, 2.45) is 7.05 Å². The number of ether oxygens (including phenoxy) is 1. The molecule has 0 bridgehead atoms. The Hall–Kier alpha value is -0.870. The Kier molecular flexibility index (Phi) is 2.80. The Balaban J connectivity index is 2.61. The van der Waals surface area contributed by atoms with Crippen molar-refractivity contribution in [3.8, 4) is 0 Å². The molecule has 0 fully saturated rings. The number of methoxy groups -OCH3 is 1. The van der Waals surface area contributed by atoms with E-state index in [1.54, 1.807) is 7.11 Å². The number of halogens is 1. The number of aryl methyl sites for hydroxylation is 1. The van der Waals surface area contributed by atoms with Crippen LogP contribution in [0.4, 0.5) is 0 Å². The Bertz CT molecular complexity index is 531. The number of pyridine rings is 1. The fourth-order valence-electron chi connectivity index (χ4n) is 1.63. The van der Waals surface area contributed by atoms with Crippen LogP contribution in [0.25, 0.3) is 11.0 Å². The van der Waals surface area contributed by atoms with Crippen LogP contribution in [0.15, 0.2) is 22.9 Å². The smallest absolute Gasteiger partial charge is 0.140 e. The molecule has 16 heavy (non-hydrogen) atoms. The highest BCUT2D eigenvalue weighted by molar-refractivity contribution is 9.10. The third-order valence-electron chi connectivity index (χ3n) is 3.01. The number of nitrogens with zero attached hydrogens (tertiary/aromatic N) is 2. The van der Waals surface area contributed by atoms with Crippen molar-refractivity contribution in [3.05, 3.63) is 28.5 Å². The summed E-state index contributed by atoms with van der Waals surface area (Å²) in [6.07, 6.45) is 1.87. The Labute approximate surface area is 104 Å². The lowest BCUT2D eigenvalue weighted by Crippen LogP contribution is -2.19. The van der Waals surface area contributed by atoms with Gasteiger partial charge in [-0.3, -0.25) is 0 Å². The minimum Gasteiger partial charge on any atom is -0.374 e. The SMILES string of the molecule is COC(C)(C)c1cnc2c(c1)cc(Br)n2C. The molecule has 0 N–H and O–H groups in total. The lowest BCUT2D eigenvalue weighted by Gasteiger charge is -2.22. The number of hydrogen-bond donors (Lipinski definition) is 0. The van der Waals surface area contributed by atoms with E-state index in [0.717, 1.165) is 21.2 Å². The molecule has 0 atom stereocenters. The van der Waals surface area contributed by atoms with Crippen molar-refractivity contribution < 1.29 is 4.74 Å². The Morgan fingerprint density at radius 1 is 1.38 bits per heavy atom. The van der Waals surface area contributed by atoms with E-state index in [2.05, 4.69) is 33.0 Å². The molecule has 3 nitrogen and oxygen atoms in total. The number of hydrogen-bond acceptors (Lipinski definition) is 2. The predicted octanol–water partition coefficient (Wildman–Crippen LogP) is 3.22. The molecule has 0 radical (unpaired) electrons. The summed E-state index contributed by atoms with van der Waals surface area (Å²) in [7, 11) is 3.70. The number of rotatable bonds is 2. The first-order chi connectivity index (χ1) is 7.45. The van der Waals surface area contributed by atoms with Crippen LogP contribution in [-0.2, 0) is 17.4 Å².